The molecule has 1 atom stereocenters. The van der Waals surface area contributed by atoms with E-state index in [4.69, 9.17) is 0 Å². The molecule has 1 rings (SSSR count). The van der Waals surface area contributed by atoms with E-state index < -0.39 is 0 Å². The first-order valence-corrected chi connectivity index (χ1v) is 5.43. The molecule has 0 aromatic rings. The molecule has 0 aliphatic carbocycles. The standard InChI is InChI=1S/C12H19NO2/c1-9(2)4-5-11-6-7-13(12(11)15)8-10(3)14/h11H,1,4-8H2,2-3H3. The molecule has 0 N–H and O–H groups in total. The second-order valence-electron chi connectivity index (χ2n) is 4.44. The number of hydrogen-bond acceptors (Lipinski definition) is 2. The molecule has 0 spiro atoms. The van der Waals surface area contributed by atoms with E-state index in [9.17, 15) is 9.59 Å². The molecule has 1 unspecified atom stereocenters. The van der Waals surface area contributed by atoms with Crippen LogP contribution in [0, 0.1) is 5.92 Å². The van der Waals surface area contributed by atoms with Crippen molar-refractivity contribution in [3.63, 3.8) is 0 Å². The van der Waals surface area contributed by atoms with Gasteiger partial charge in [-0.25, -0.2) is 0 Å². The van der Waals surface area contributed by atoms with Crippen LogP contribution < -0.4 is 0 Å². The van der Waals surface area contributed by atoms with E-state index in [-0.39, 0.29) is 24.2 Å². The predicted octanol–water partition coefficient (Wildman–Crippen LogP) is 1.78. The third kappa shape index (κ3) is 3.50. The van der Waals surface area contributed by atoms with Crippen LogP contribution in [-0.4, -0.2) is 29.7 Å². The average Bonchev–Trinajstić information content (AvgIpc) is 2.44. The topological polar surface area (TPSA) is 37.4 Å². The summed E-state index contributed by atoms with van der Waals surface area (Å²) in [6.07, 6.45) is 2.67. The zero-order chi connectivity index (χ0) is 11.4. The van der Waals surface area contributed by atoms with Gasteiger partial charge in [-0.2, -0.15) is 0 Å². The lowest BCUT2D eigenvalue weighted by molar-refractivity contribution is -0.134. The maximum absolute atomic E-state index is 11.8. The number of carbonyl (C=O) groups is 2. The van der Waals surface area contributed by atoms with E-state index in [2.05, 4.69) is 6.58 Å². The molecule has 0 aromatic heterocycles. The number of Topliss-reactive ketones (excluding diaryl/α,β-unsaturated/α-hetero) is 1. The Morgan fingerprint density at radius 2 is 2.20 bits per heavy atom. The van der Waals surface area contributed by atoms with Gasteiger partial charge in [0.2, 0.25) is 5.91 Å². The van der Waals surface area contributed by atoms with E-state index >= 15 is 0 Å². The molecule has 1 heterocycles. The van der Waals surface area contributed by atoms with Gasteiger partial charge in [-0.3, -0.25) is 9.59 Å². The van der Waals surface area contributed by atoms with Gasteiger partial charge in [-0.15, -0.1) is 6.58 Å². The van der Waals surface area contributed by atoms with Crippen LogP contribution in [0.25, 0.3) is 0 Å². The van der Waals surface area contributed by atoms with Crippen LogP contribution in [0.15, 0.2) is 12.2 Å². The molecule has 15 heavy (non-hydrogen) atoms. The highest BCUT2D eigenvalue weighted by Crippen LogP contribution is 2.23. The number of hydrogen-bond donors (Lipinski definition) is 0. The van der Waals surface area contributed by atoms with Gasteiger partial charge in [-0.1, -0.05) is 5.57 Å². The molecule has 3 heteroatoms. The summed E-state index contributed by atoms with van der Waals surface area (Å²) in [6.45, 7) is 8.35. The Morgan fingerprint density at radius 1 is 1.53 bits per heavy atom. The van der Waals surface area contributed by atoms with E-state index in [1.165, 1.54) is 6.92 Å². The summed E-state index contributed by atoms with van der Waals surface area (Å²) in [4.78, 5) is 24.4. The number of allylic oxidation sites excluding steroid dienone is 1. The van der Waals surface area contributed by atoms with Gasteiger partial charge in [0.15, 0.2) is 0 Å². The molecule has 1 fully saturated rings. The molecule has 0 saturated carbocycles. The van der Waals surface area contributed by atoms with Crippen LogP contribution >= 0.6 is 0 Å². The smallest absolute Gasteiger partial charge is 0.226 e. The fourth-order valence-electron chi connectivity index (χ4n) is 1.92. The van der Waals surface area contributed by atoms with Crippen molar-refractivity contribution < 1.29 is 9.59 Å². The minimum Gasteiger partial charge on any atom is -0.335 e. The van der Waals surface area contributed by atoms with Gasteiger partial charge >= 0.3 is 0 Å². The minimum atomic E-state index is 0.0592. The lowest BCUT2D eigenvalue weighted by Crippen LogP contribution is -2.31. The fourth-order valence-corrected chi connectivity index (χ4v) is 1.92. The zero-order valence-electron chi connectivity index (χ0n) is 9.58. The first-order chi connectivity index (χ1) is 7.00. The third-order valence-corrected chi connectivity index (χ3v) is 2.74. The van der Waals surface area contributed by atoms with Crippen molar-refractivity contribution in [1.29, 1.82) is 0 Å². The zero-order valence-corrected chi connectivity index (χ0v) is 9.58. The summed E-state index contributed by atoms with van der Waals surface area (Å²) in [5.41, 5.74) is 1.12. The largest absolute Gasteiger partial charge is 0.335 e. The van der Waals surface area contributed by atoms with Crippen LogP contribution in [0.4, 0.5) is 0 Å². The van der Waals surface area contributed by atoms with Gasteiger partial charge in [0, 0.05) is 12.5 Å². The summed E-state index contributed by atoms with van der Waals surface area (Å²) in [6, 6.07) is 0. The van der Waals surface area contributed by atoms with Gasteiger partial charge in [0.05, 0.1) is 6.54 Å². The highest BCUT2D eigenvalue weighted by atomic mass is 16.2. The van der Waals surface area contributed by atoms with Crippen LogP contribution in [0.1, 0.15) is 33.1 Å². The van der Waals surface area contributed by atoms with Crippen molar-refractivity contribution in [2.75, 3.05) is 13.1 Å². The summed E-state index contributed by atoms with van der Waals surface area (Å²) >= 11 is 0. The molecule has 0 radical (unpaired) electrons. The van der Waals surface area contributed by atoms with Gasteiger partial charge < -0.3 is 4.90 Å². The van der Waals surface area contributed by atoms with E-state index in [1.807, 2.05) is 6.92 Å². The Hall–Kier alpha value is -1.12. The quantitative estimate of drug-likeness (QED) is 0.647. The Bertz CT molecular complexity index is 283. The molecule has 1 saturated heterocycles. The van der Waals surface area contributed by atoms with Crippen molar-refractivity contribution in [1.82, 2.24) is 4.90 Å². The van der Waals surface area contributed by atoms with E-state index in [1.54, 1.807) is 4.90 Å². The van der Waals surface area contributed by atoms with Crippen LogP contribution in [0.5, 0.6) is 0 Å². The SMILES string of the molecule is C=C(C)CCC1CCN(CC(C)=O)C1=O. The molecule has 84 valence electrons. The number of nitrogens with zero attached hydrogens (tertiary/aromatic N) is 1. The minimum absolute atomic E-state index is 0.0592. The van der Waals surface area contributed by atoms with E-state index in [0.717, 1.165) is 31.4 Å². The lowest BCUT2D eigenvalue weighted by atomic mass is 9.99. The molecule has 0 bridgehead atoms. The van der Waals surface area contributed by atoms with Crippen molar-refractivity contribution in [3.05, 3.63) is 12.2 Å². The summed E-state index contributed by atoms with van der Waals surface area (Å²) < 4.78 is 0. The second kappa shape index (κ2) is 5.10. The number of amides is 1. The van der Waals surface area contributed by atoms with Crippen molar-refractivity contribution in [2.24, 2.45) is 5.92 Å². The maximum Gasteiger partial charge on any atom is 0.226 e. The first kappa shape index (κ1) is 12.0. The first-order valence-electron chi connectivity index (χ1n) is 5.43. The van der Waals surface area contributed by atoms with E-state index in [0.29, 0.717) is 0 Å². The fraction of sp³-hybridized carbons (Fsp3) is 0.667. The summed E-state index contributed by atoms with van der Waals surface area (Å²) in [5, 5.41) is 0. The molecular formula is C12H19NO2. The Morgan fingerprint density at radius 3 is 2.73 bits per heavy atom. The van der Waals surface area contributed by atoms with Crippen LogP contribution in [0.3, 0.4) is 0 Å². The van der Waals surface area contributed by atoms with Crippen LogP contribution in [0.2, 0.25) is 0 Å². The highest BCUT2D eigenvalue weighted by Gasteiger charge is 2.31. The predicted molar refractivity (Wildman–Crippen MR) is 59.4 cm³/mol. The summed E-state index contributed by atoms with van der Waals surface area (Å²) in [5.74, 6) is 0.316. The Kier molecular flexibility index (Phi) is 4.06. The van der Waals surface area contributed by atoms with Gasteiger partial charge in [-0.05, 0) is 33.1 Å². The normalized spacial score (nSPS) is 20.8. The summed E-state index contributed by atoms with van der Waals surface area (Å²) in [7, 11) is 0. The highest BCUT2D eigenvalue weighted by molar-refractivity contribution is 5.87. The molecule has 1 aliphatic rings. The number of rotatable bonds is 5. The second-order valence-corrected chi connectivity index (χ2v) is 4.44. The molecule has 0 aromatic carbocycles. The maximum atomic E-state index is 11.8. The van der Waals surface area contributed by atoms with Crippen molar-refractivity contribution in [3.8, 4) is 0 Å². The van der Waals surface area contributed by atoms with Gasteiger partial charge in [0.25, 0.3) is 0 Å². The Balaban J connectivity index is 2.42. The molecular weight excluding hydrogens is 190 g/mol. The number of likely N-dealkylation sites (tertiary alicyclic amines) is 1. The number of carbonyl (C=O) groups excluding carboxylic acids is 2. The monoisotopic (exact) mass is 209 g/mol. The number of ketones is 1. The van der Waals surface area contributed by atoms with Crippen molar-refractivity contribution in [2.45, 2.75) is 33.1 Å². The average molecular weight is 209 g/mol. The van der Waals surface area contributed by atoms with Gasteiger partial charge in [0.1, 0.15) is 5.78 Å². The molecule has 1 amide bonds. The lowest BCUT2D eigenvalue weighted by Gasteiger charge is -2.14. The third-order valence-electron chi connectivity index (χ3n) is 2.74. The Labute approximate surface area is 91.1 Å². The van der Waals surface area contributed by atoms with Crippen LogP contribution in [-0.2, 0) is 9.59 Å². The molecule has 1 aliphatic heterocycles. The van der Waals surface area contributed by atoms with Crippen molar-refractivity contribution >= 4 is 11.7 Å². The molecule has 3 nitrogen and oxygen atoms in total.